The summed E-state index contributed by atoms with van der Waals surface area (Å²) in [5.41, 5.74) is 1.02. The molecule has 0 bridgehead atoms. The lowest BCUT2D eigenvalue weighted by Gasteiger charge is -2.14. The van der Waals surface area contributed by atoms with Crippen LogP contribution in [0.5, 0.6) is 11.5 Å². The zero-order valence-corrected chi connectivity index (χ0v) is 38.8. The molecule has 352 valence electrons. The predicted octanol–water partition coefficient (Wildman–Crippen LogP) is 12.5. The van der Waals surface area contributed by atoms with Crippen LogP contribution in [0.25, 0.3) is 0 Å². The van der Waals surface area contributed by atoms with Crippen molar-refractivity contribution < 1.29 is 48.1 Å². The summed E-state index contributed by atoms with van der Waals surface area (Å²) >= 11 is 0. The Labute approximate surface area is 366 Å². The van der Waals surface area contributed by atoms with E-state index in [2.05, 4.69) is 19.2 Å². The summed E-state index contributed by atoms with van der Waals surface area (Å²) in [6.45, 7) is 11.1. The summed E-state index contributed by atoms with van der Waals surface area (Å²) in [4.78, 5) is 16.7. The quantitative estimate of drug-likeness (QED) is 0.0282. The van der Waals surface area contributed by atoms with E-state index in [0.29, 0.717) is 72.3 Å². The summed E-state index contributed by atoms with van der Waals surface area (Å²) in [5.74, 6) is 1.50. The minimum absolute atomic E-state index is 0.127. The van der Waals surface area contributed by atoms with Gasteiger partial charge in [-0.25, -0.2) is 4.89 Å². The number of hydrogen-bond acceptors (Lipinski definition) is 11. The lowest BCUT2D eigenvalue weighted by Crippen LogP contribution is -2.15. The SMILES string of the molecule is CCCCCCOCCOCCOC(=O)CCCCCCCCCCOc1ccc(NC)cc1OCCCCCCCCCCC(CCOCCOCCCCCC)OO. The average Bonchev–Trinajstić information content (AvgIpc) is 3.26. The molecule has 0 aromatic heterocycles. The third kappa shape index (κ3) is 36.5. The molecular weight excluding hydrogens is 763 g/mol. The molecule has 1 unspecified atom stereocenters. The van der Waals surface area contributed by atoms with Gasteiger partial charge in [0.15, 0.2) is 11.5 Å². The van der Waals surface area contributed by atoms with E-state index in [0.717, 1.165) is 107 Å². The minimum atomic E-state index is -0.151. The highest BCUT2D eigenvalue weighted by atomic mass is 17.1. The molecule has 0 saturated heterocycles. The highest BCUT2D eigenvalue weighted by Gasteiger charge is 2.10. The number of carbonyl (C=O) groups excluding carboxylic acids is 1. The lowest BCUT2D eigenvalue weighted by atomic mass is 10.0. The Kier molecular flexibility index (Phi) is 41.8. The van der Waals surface area contributed by atoms with Crippen LogP contribution in [-0.4, -0.2) is 97.1 Å². The zero-order valence-electron chi connectivity index (χ0n) is 38.8. The fraction of sp³-hybridized carbons (Fsp3) is 0.857. The Bertz CT molecular complexity index is 1050. The first-order valence-corrected chi connectivity index (χ1v) is 24.5. The minimum Gasteiger partial charge on any atom is -0.490 e. The molecule has 0 aliphatic rings. The van der Waals surface area contributed by atoms with E-state index in [-0.39, 0.29) is 12.1 Å². The molecule has 1 rings (SSSR count). The number of unbranched alkanes of at least 4 members (excludes halogenated alkanes) is 20. The first kappa shape index (κ1) is 55.9. The normalized spacial score (nSPS) is 11.9. The highest BCUT2D eigenvalue weighted by molar-refractivity contribution is 5.69. The zero-order chi connectivity index (χ0) is 43.2. The van der Waals surface area contributed by atoms with Crippen molar-refractivity contribution in [2.45, 2.75) is 193 Å². The van der Waals surface area contributed by atoms with Gasteiger partial charge in [0, 0.05) is 51.5 Å². The van der Waals surface area contributed by atoms with E-state index < -0.39 is 0 Å². The van der Waals surface area contributed by atoms with Crippen molar-refractivity contribution in [1.82, 2.24) is 0 Å². The van der Waals surface area contributed by atoms with Gasteiger partial charge < -0.3 is 38.5 Å². The van der Waals surface area contributed by atoms with Crippen LogP contribution in [-0.2, 0) is 33.4 Å². The largest absolute Gasteiger partial charge is 0.490 e. The number of nitrogens with one attached hydrogen (secondary N) is 1. The van der Waals surface area contributed by atoms with Gasteiger partial charge in [0.1, 0.15) is 6.61 Å². The van der Waals surface area contributed by atoms with Crippen molar-refractivity contribution in [3.63, 3.8) is 0 Å². The predicted molar refractivity (Wildman–Crippen MR) is 245 cm³/mol. The van der Waals surface area contributed by atoms with Crippen molar-refractivity contribution in [3.05, 3.63) is 18.2 Å². The van der Waals surface area contributed by atoms with Crippen molar-refractivity contribution in [3.8, 4) is 11.5 Å². The average molecular weight is 854 g/mol. The third-order valence-corrected chi connectivity index (χ3v) is 10.7. The monoisotopic (exact) mass is 854 g/mol. The topological polar surface area (TPSA) is 123 Å². The van der Waals surface area contributed by atoms with E-state index in [1.54, 1.807) is 0 Å². The summed E-state index contributed by atoms with van der Waals surface area (Å²) in [6.07, 6.45) is 29.8. The maximum absolute atomic E-state index is 12.0. The van der Waals surface area contributed by atoms with Gasteiger partial charge in [-0.1, -0.05) is 136 Å². The number of hydrogen-bond donors (Lipinski definition) is 2. The van der Waals surface area contributed by atoms with Crippen molar-refractivity contribution in [2.75, 3.05) is 85.0 Å². The molecule has 11 nitrogen and oxygen atoms in total. The van der Waals surface area contributed by atoms with Crippen molar-refractivity contribution >= 4 is 11.7 Å². The Balaban J connectivity index is 1.98. The van der Waals surface area contributed by atoms with Gasteiger partial charge >= 0.3 is 5.97 Å². The molecular formula is C49H91NO10. The Morgan fingerprint density at radius 1 is 0.500 bits per heavy atom. The van der Waals surface area contributed by atoms with Crippen molar-refractivity contribution in [2.24, 2.45) is 0 Å². The molecule has 1 aromatic carbocycles. The molecule has 2 N–H and O–H groups in total. The number of anilines is 1. The van der Waals surface area contributed by atoms with Crippen LogP contribution in [0.4, 0.5) is 5.69 Å². The van der Waals surface area contributed by atoms with Crippen LogP contribution in [0, 0.1) is 0 Å². The molecule has 0 aliphatic heterocycles. The second-order valence-corrected chi connectivity index (χ2v) is 16.1. The molecule has 0 fully saturated rings. The maximum atomic E-state index is 12.0. The van der Waals surface area contributed by atoms with Crippen LogP contribution < -0.4 is 14.8 Å². The first-order valence-electron chi connectivity index (χ1n) is 24.5. The van der Waals surface area contributed by atoms with Gasteiger partial charge in [0.25, 0.3) is 0 Å². The first-order chi connectivity index (χ1) is 29.6. The summed E-state index contributed by atoms with van der Waals surface area (Å²) in [5, 5.41) is 12.5. The molecule has 0 radical (unpaired) electrons. The van der Waals surface area contributed by atoms with E-state index in [9.17, 15) is 10.1 Å². The Morgan fingerprint density at radius 3 is 1.50 bits per heavy atom. The van der Waals surface area contributed by atoms with Crippen molar-refractivity contribution in [1.29, 1.82) is 0 Å². The fourth-order valence-electron chi connectivity index (χ4n) is 6.88. The van der Waals surface area contributed by atoms with Crippen LogP contribution >= 0.6 is 0 Å². The van der Waals surface area contributed by atoms with E-state index in [1.807, 2.05) is 25.2 Å². The van der Waals surface area contributed by atoms with Crippen LogP contribution in [0.1, 0.15) is 187 Å². The van der Waals surface area contributed by atoms with E-state index >= 15 is 0 Å². The molecule has 0 amide bonds. The molecule has 0 saturated carbocycles. The summed E-state index contributed by atoms with van der Waals surface area (Å²) < 4.78 is 39.9. The summed E-state index contributed by atoms with van der Waals surface area (Å²) in [6, 6.07) is 6.07. The number of esters is 1. The molecule has 0 spiro atoms. The van der Waals surface area contributed by atoms with Crippen LogP contribution in [0.2, 0.25) is 0 Å². The third-order valence-electron chi connectivity index (χ3n) is 10.7. The van der Waals surface area contributed by atoms with Crippen LogP contribution in [0.15, 0.2) is 18.2 Å². The molecule has 1 atom stereocenters. The molecule has 11 heteroatoms. The fourth-order valence-corrected chi connectivity index (χ4v) is 6.88. The number of rotatable bonds is 48. The van der Waals surface area contributed by atoms with Gasteiger partial charge in [-0.3, -0.25) is 10.1 Å². The standard InChI is InChI=1S/C49H91NO10/c1-4-6-8-24-33-53-38-40-55-37-32-46(60-52)28-22-18-14-10-12-17-21-27-36-58-48-44-45(50-3)30-31-47(48)57-35-26-20-16-13-11-15-19-23-29-49(51)59-43-42-56-41-39-54-34-25-9-7-5-2/h30-31,44,46,50,52H,4-29,32-43H2,1-3H3. The van der Waals surface area contributed by atoms with Gasteiger partial charge in [0.2, 0.25) is 0 Å². The Morgan fingerprint density at radius 2 is 0.950 bits per heavy atom. The number of benzene rings is 1. The van der Waals surface area contributed by atoms with Gasteiger partial charge in [-0.15, -0.1) is 0 Å². The van der Waals surface area contributed by atoms with E-state index in [1.165, 1.54) is 83.5 Å². The highest BCUT2D eigenvalue weighted by Crippen LogP contribution is 2.31. The number of ether oxygens (including phenoxy) is 7. The maximum Gasteiger partial charge on any atom is 0.305 e. The molecule has 60 heavy (non-hydrogen) atoms. The molecule has 0 aliphatic carbocycles. The molecule has 0 heterocycles. The number of carbonyl (C=O) groups is 1. The van der Waals surface area contributed by atoms with Gasteiger partial charge in [-0.2, -0.15) is 0 Å². The molecule has 1 aromatic rings. The van der Waals surface area contributed by atoms with Gasteiger partial charge in [0.05, 0.1) is 52.4 Å². The lowest BCUT2D eigenvalue weighted by molar-refractivity contribution is -0.282. The second-order valence-electron chi connectivity index (χ2n) is 16.1. The summed E-state index contributed by atoms with van der Waals surface area (Å²) in [7, 11) is 1.92. The van der Waals surface area contributed by atoms with E-state index in [4.69, 9.17) is 38.0 Å². The second kappa shape index (κ2) is 44.9. The smallest absolute Gasteiger partial charge is 0.305 e. The Hall–Kier alpha value is -2.15. The van der Waals surface area contributed by atoms with Crippen LogP contribution in [0.3, 0.4) is 0 Å². The van der Waals surface area contributed by atoms with Gasteiger partial charge in [-0.05, 0) is 50.7 Å².